The van der Waals surface area contributed by atoms with Gasteiger partial charge in [0.25, 0.3) is 0 Å². The molecule has 0 saturated carbocycles. The molecule has 0 aliphatic carbocycles. The Hall–Kier alpha value is -0.830. The van der Waals surface area contributed by atoms with E-state index in [0.29, 0.717) is 0 Å². The highest BCUT2D eigenvalue weighted by Gasteiger charge is 2.07. The van der Waals surface area contributed by atoms with E-state index in [2.05, 4.69) is 22.3 Å². The maximum absolute atomic E-state index is 4.05. The van der Waals surface area contributed by atoms with E-state index >= 15 is 0 Å². The predicted octanol–water partition coefficient (Wildman–Crippen LogP) is 0.454. The molecule has 62 valence electrons. The van der Waals surface area contributed by atoms with Crippen LogP contribution in [0, 0.1) is 0 Å². The van der Waals surface area contributed by atoms with Crippen molar-refractivity contribution in [3.63, 3.8) is 0 Å². The van der Waals surface area contributed by atoms with Gasteiger partial charge in [-0.05, 0) is 14.0 Å². The van der Waals surface area contributed by atoms with Gasteiger partial charge in [-0.25, -0.2) is 0 Å². The standard InChI is InChI=1S/C8H15N3/c1-3-9-6-8-7-11(2)5-4-10-8/h3,6,10H,4-5,7H2,1-2H3/b8-6-,9-3?. The van der Waals surface area contributed by atoms with Crippen LogP contribution in [-0.2, 0) is 0 Å². The molecule has 0 radical (unpaired) electrons. The lowest BCUT2D eigenvalue weighted by Gasteiger charge is -2.25. The van der Waals surface area contributed by atoms with E-state index in [4.69, 9.17) is 0 Å². The van der Waals surface area contributed by atoms with E-state index in [-0.39, 0.29) is 0 Å². The lowest BCUT2D eigenvalue weighted by Crippen LogP contribution is -2.39. The van der Waals surface area contributed by atoms with Crippen molar-refractivity contribution in [2.45, 2.75) is 6.92 Å². The van der Waals surface area contributed by atoms with E-state index in [9.17, 15) is 0 Å². The van der Waals surface area contributed by atoms with Crippen molar-refractivity contribution in [2.75, 3.05) is 26.7 Å². The molecule has 3 heteroatoms. The molecule has 1 saturated heterocycles. The molecule has 0 unspecified atom stereocenters. The fraction of sp³-hybridized carbons (Fsp3) is 0.625. The Morgan fingerprint density at radius 2 is 2.45 bits per heavy atom. The molecule has 1 N–H and O–H groups in total. The Bertz CT molecular complexity index is 172. The fourth-order valence-corrected chi connectivity index (χ4v) is 1.08. The number of nitrogens with one attached hydrogen (secondary N) is 1. The molecule has 1 aliphatic heterocycles. The summed E-state index contributed by atoms with van der Waals surface area (Å²) < 4.78 is 0. The highest BCUT2D eigenvalue weighted by Crippen LogP contribution is 1.98. The molecular weight excluding hydrogens is 138 g/mol. The largest absolute Gasteiger partial charge is 0.385 e. The maximum Gasteiger partial charge on any atom is 0.0466 e. The summed E-state index contributed by atoms with van der Waals surface area (Å²) in [5.41, 5.74) is 1.21. The highest BCUT2D eigenvalue weighted by molar-refractivity contribution is 5.54. The Kier molecular flexibility index (Phi) is 3.11. The van der Waals surface area contributed by atoms with E-state index in [1.807, 2.05) is 13.1 Å². The van der Waals surface area contributed by atoms with Gasteiger partial charge in [-0.15, -0.1) is 0 Å². The molecule has 1 heterocycles. The number of aliphatic imine (C=N–C) groups is 1. The zero-order valence-corrected chi connectivity index (χ0v) is 7.17. The lowest BCUT2D eigenvalue weighted by atomic mass is 10.3. The summed E-state index contributed by atoms with van der Waals surface area (Å²) >= 11 is 0. The number of hydrogen-bond acceptors (Lipinski definition) is 3. The number of hydrogen-bond donors (Lipinski definition) is 1. The van der Waals surface area contributed by atoms with Crippen molar-refractivity contribution in [1.29, 1.82) is 0 Å². The Labute approximate surface area is 67.8 Å². The third-order valence-corrected chi connectivity index (χ3v) is 1.67. The number of piperazine rings is 1. The molecule has 1 fully saturated rings. The summed E-state index contributed by atoms with van der Waals surface area (Å²) in [6.07, 6.45) is 3.68. The monoisotopic (exact) mass is 153 g/mol. The van der Waals surface area contributed by atoms with Gasteiger partial charge in [0.2, 0.25) is 0 Å². The Morgan fingerprint density at radius 1 is 1.64 bits per heavy atom. The van der Waals surface area contributed by atoms with Crippen molar-refractivity contribution >= 4 is 6.21 Å². The highest BCUT2D eigenvalue weighted by atomic mass is 15.2. The van der Waals surface area contributed by atoms with Crippen LogP contribution in [0.3, 0.4) is 0 Å². The molecule has 1 aliphatic rings. The van der Waals surface area contributed by atoms with Crippen LogP contribution in [0.1, 0.15) is 6.92 Å². The van der Waals surface area contributed by atoms with Gasteiger partial charge in [0.05, 0.1) is 0 Å². The molecule has 0 atom stereocenters. The van der Waals surface area contributed by atoms with Crippen molar-refractivity contribution < 1.29 is 0 Å². The van der Waals surface area contributed by atoms with Gasteiger partial charge >= 0.3 is 0 Å². The average Bonchev–Trinajstić information content (AvgIpc) is 2.01. The minimum atomic E-state index is 0.983. The van der Waals surface area contributed by atoms with Crippen molar-refractivity contribution in [3.8, 4) is 0 Å². The number of rotatable bonds is 1. The minimum Gasteiger partial charge on any atom is -0.385 e. The molecule has 0 bridgehead atoms. The van der Waals surface area contributed by atoms with Gasteiger partial charge in [-0.3, -0.25) is 9.89 Å². The molecule has 0 aromatic heterocycles. The first-order valence-corrected chi connectivity index (χ1v) is 3.92. The van der Waals surface area contributed by atoms with E-state index in [0.717, 1.165) is 19.6 Å². The number of likely N-dealkylation sites (N-methyl/N-ethyl adjacent to an activating group) is 1. The molecule has 3 nitrogen and oxygen atoms in total. The Balaban J connectivity index is 2.45. The quantitative estimate of drug-likeness (QED) is 0.554. The molecule has 0 spiro atoms. The second-order valence-corrected chi connectivity index (χ2v) is 2.73. The summed E-state index contributed by atoms with van der Waals surface area (Å²) in [7, 11) is 2.12. The topological polar surface area (TPSA) is 27.6 Å². The fourth-order valence-electron chi connectivity index (χ4n) is 1.08. The van der Waals surface area contributed by atoms with Crippen molar-refractivity contribution in [1.82, 2.24) is 10.2 Å². The first-order chi connectivity index (χ1) is 5.33. The Morgan fingerprint density at radius 3 is 3.09 bits per heavy atom. The minimum absolute atomic E-state index is 0.983. The van der Waals surface area contributed by atoms with Crippen LogP contribution < -0.4 is 5.32 Å². The van der Waals surface area contributed by atoms with Crippen LogP contribution in [-0.4, -0.2) is 37.8 Å². The summed E-state index contributed by atoms with van der Waals surface area (Å²) in [4.78, 5) is 6.33. The molecule has 11 heavy (non-hydrogen) atoms. The maximum atomic E-state index is 4.05. The SMILES string of the molecule is CC=N/C=C1/CN(C)CCN1. The molecule has 1 rings (SSSR count). The van der Waals surface area contributed by atoms with Crippen molar-refractivity contribution in [3.05, 3.63) is 11.9 Å². The van der Waals surface area contributed by atoms with Crippen LogP contribution >= 0.6 is 0 Å². The van der Waals surface area contributed by atoms with E-state index in [1.54, 1.807) is 6.21 Å². The third kappa shape index (κ3) is 2.72. The van der Waals surface area contributed by atoms with Gasteiger partial charge < -0.3 is 5.32 Å². The van der Waals surface area contributed by atoms with Crippen LogP contribution in [0.5, 0.6) is 0 Å². The zero-order chi connectivity index (χ0) is 8.10. The summed E-state index contributed by atoms with van der Waals surface area (Å²) in [5.74, 6) is 0. The summed E-state index contributed by atoms with van der Waals surface area (Å²) in [6.45, 7) is 5.05. The molecule has 0 aromatic rings. The second kappa shape index (κ2) is 4.13. The molecule has 0 amide bonds. The van der Waals surface area contributed by atoms with Crippen LogP contribution in [0.25, 0.3) is 0 Å². The van der Waals surface area contributed by atoms with Gasteiger partial charge in [-0.1, -0.05) is 0 Å². The van der Waals surface area contributed by atoms with Gasteiger partial charge in [0, 0.05) is 37.7 Å². The number of nitrogens with zero attached hydrogens (tertiary/aromatic N) is 2. The second-order valence-electron chi connectivity index (χ2n) is 2.73. The van der Waals surface area contributed by atoms with Crippen molar-refractivity contribution in [2.24, 2.45) is 4.99 Å². The molecule has 0 aromatic carbocycles. The first kappa shape index (κ1) is 8.27. The third-order valence-electron chi connectivity index (χ3n) is 1.67. The zero-order valence-electron chi connectivity index (χ0n) is 7.17. The summed E-state index contributed by atoms with van der Waals surface area (Å²) in [6, 6.07) is 0. The normalized spacial score (nSPS) is 24.4. The van der Waals surface area contributed by atoms with Gasteiger partial charge in [-0.2, -0.15) is 0 Å². The van der Waals surface area contributed by atoms with Crippen LogP contribution in [0.15, 0.2) is 16.9 Å². The van der Waals surface area contributed by atoms with E-state index < -0.39 is 0 Å². The van der Waals surface area contributed by atoms with Crippen LogP contribution in [0.2, 0.25) is 0 Å². The smallest absolute Gasteiger partial charge is 0.0466 e. The lowest BCUT2D eigenvalue weighted by molar-refractivity contribution is 0.322. The van der Waals surface area contributed by atoms with Gasteiger partial charge in [0.15, 0.2) is 0 Å². The van der Waals surface area contributed by atoms with Crippen LogP contribution in [0.4, 0.5) is 0 Å². The predicted molar refractivity (Wildman–Crippen MR) is 47.7 cm³/mol. The first-order valence-electron chi connectivity index (χ1n) is 3.92. The average molecular weight is 153 g/mol. The molecular formula is C8H15N3. The van der Waals surface area contributed by atoms with Gasteiger partial charge in [0.1, 0.15) is 0 Å². The summed E-state index contributed by atoms with van der Waals surface area (Å²) in [5, 5.41) is 3.29. The van der Waals surface area contributed by atoms with E-state index in [1.165, 1.54) is 5.70 Å².